The van der Waals surface area contributed by atoms with Gasteiger partial charge >= 0.3 is 0 Å². The molecule has 1 N–H and O–H groups in total. The minimum absolute atomic E-state index is 0.0368. The number of amides is 1. The van der Waals surface area contributed by atoms with Gasteiger partial charge in [-0.15, -0.1) is 0 Å². The monoisotopic (exact) mass is 476 g/mol. The van der Waals surface area contributed by atoms with Gasteiger partial charge in [-0.05, 0) is 36.4 Å². The van der Waals surface area contributed by atoms with Gasteiger partial charge in [-0.25, -0.2) is 12.8 Å². The van der Waals surface area contributed by atoms with Crippen LogP contribution in [0.4, 0.5) is 4.39 Å². The van der Waals surface area contributed by atoms with Crippen LogP contribution in [0.3, 0.4) is 0 Å². The molecule has 0 saturated carbocycles. The van der Waals surface area contributed by atoms with Crippen LogP contribution in [0, 0.1) is 5.82 Å². The number of benzene rings is 2. The number of sulfonamides is 1. The first-order chi connectivity index (χ1) is 12.7. The fourth-order valence-corrected chi connectivity index (χ4v) is 4.87. The molecule has 0 bridgehead atoms. The first-order valence-corrected chi connectivity index (χ1v) is 10.8. The molecular weight excluding hydrogens is 459 g/mol. The molecule has 2 aromatic carbocycles. The van der Waals surface area contributed by atoms with E-state index >= 15 is 0 Å². The molecule has 5 nitrogen and oxygen atoms in total. The molecule has 0 aliphatic heterocycles. The van der Waals surface area contributed by atoms with Crippen molar-refractivity contribution in [2.24, 2.45) is 0 Å². The molecule has 0 fully saturated rings. The molecule has 146 valence electrons. The Morgan fingerprint density at radius 2 is 1.85 bits per heavy atom. The highest BCUT2D eigenvalue weighted by molar-refractivity contribution is 9.10. The van der Waals surface area contributed by atoms with Gasteiger partial charge in [-0.3, -0.25) is 4.79 Å². The lowest BCUT2D eigenvalue weighted by Gasteiger charge is -2.19. The van der Waals surface area contributed by atoms with Crippen molar-refractivity contribution < 1.29 is 17.6 Å². The smallest absolute Gasteiger partial charge is 0.251 e. The highest BCUT2D eigenvalue weighted by Crippen LogP contribution is 2.26. The summed E-state index contributed by atoms with van der Waals surface area (Å²) in [5.41, 5.74) is 0.434. The highest BCUT2D eigenvalue weighted by atomic mass is 79.9. The van der Waals surface area contributed by atoms with E-state index < -0.39 is 21.7 Å². The van der Waals surface area contributed by atoms with E-state index in [1.165, 1.54) is 28.6 Å². The highest BCUT2D eigenvalue weighted by Gasteiger charge is 2.25. The predicted octanol–water partition coefficient (Wildman–Crippen LogP) is 4.20. The zero-order chi connectivity index (χ0) is 20.2. The lowest BCUT2D eigenvalue weighted by Crippen LogP contribution is -2.31. The van der Waals surface area contributed by atoms with Crippen LogP contribution >= 0.6 is 27.5 Å². The van der Waals surface area contributed by atoms with Crippen LogP contribution in [-0.4, -0.2) is 31.7 Å². The van der Waals surface area contributed by atoms with E-state index in [0.29, 0.717) is 10.0 Å². The minimum Gasteiger partial charge on any atom is -0.348 e. The lowest BCUT2D eigenvalue weighted by atomic mass is 10.2. The zero-order valence-corrected chi connectivity index (χ0v) is 18.0. The Kier molecular flexibility index (Phi) is 7.39. The fraction of sp³-hybridized carbons (Fsp3) is 0.278. The summed E-state index contributed by atoms with van der Waals surface area (Å²) < 4.78 is 41.1. The Bertz CT molecular complexity index is 950. The van der Waals surface area contributed by atoms with E-state index in [2.05, 4.69) is 21.2 Å². The topological polar surface area (TPSA) is 66.5 Å². The molecule has 0 aromatic heterocycles. The van der Waals surface area contributed by atoms with E-state index in [1.54, 1.807) is 26.0 Å². The average Bonchev–Trinajstić information content (AvgIpc) is 2.63. The third kappa shape index (κ3) is 5.07. The maximum absolute atomic E-state index is 13.8. The van der Waals surface area contributed by atoms with E-state index in [9.17, 15) is 17.6 Å². The Hall–Kier alpha value is -1.48. The number of nitrogens with one attached hydrogen (secondary N) is 1. The summed E-state index contributed by atoms with van der Waals surface area (Å²) in [5, 5.41) is 2.63. The summed E-state index contributed by atoms with van der Waals surface area (Å²) in [4.78, 5) is 12.3. The molecule has 0 aliphatic carbocycles. The summed E-state index contributed by atoms with van der Waals surface area (Å²) in [5.74, 6) is -0.971. The molecule has 0 aliphatic rings. The van der Waals surface area contributed by atoms with E-state index in [1.807, 2.05) is 0 Å². The number of hydrogen-bond acceptors (Lipinski definition) is 3. The van der Waals surface area contributed by atoms with Crippen molar-refractivity contribution in [3.8, 4) is 0 Å². The van der Waals surface area contributed by atoms with Crippen LogP contribution < -0.4 is 5.32 Å². The first-order valence-electron chi connectivity index (χ1n) is 8.22. The number of carbonyl (C=O) groups is 1. The molecule has 2 aromatic rings. The van der Waals surface area contributed by atoms with Crippen molar-refractivity contribution >= 4 is 43.5 Å². The summed E-state index contributed by atoms with van der Waals surface area (Å²) in [6.45, 7) is 3.97. The third-order valence-electron chi connectivity index (χ3n) is 3.96. The molecule has 0 radical (unpaired) electrons. The van der Waals surface area contributed by atoms with Crippen molar-refractivity contribution in [3.63, 3.8) is 0 Å². The Morgan fingerprint density at radius 1 is 1.19 bits per heavy atom. The Balaban J connectivity index is 2.26. The standard InChI is InChI=1S/C18H19BrClFN2O3S/c1-3-23(4-2)27(25,26)17-10-12(5-7-15(17)20)18(24)22-11-13-9-14(19)6-8-16(13)21/h5-10H,3-4,11H2,1-2H3,(H,22,24). The molecule has 0 atom stereocenters. The largest absolute Gasteiger partial charge is 0.348 e. The second-order valence-corrected chi connectivity index (χ2v) is 8.88. The van der Waals surface area contributed by atoms with E-state index in [4.69, 9.17) is 11.6 Å². The number of halogens is 3. The van der Waals surface area contributed by atoms with Crippen molar-refractivity contribution in [2.45, 2.75) is 25.3 Å². The average molecular weight is 478 g/mol. The van der Waals surface area contributed by atoms with Crippen molar-refractivity contribution in [1.29, 1.82) is 0 Å². The SMILES string of the molecule is CCN(CC)S(=O)(=O)c1cc(C(=O)NCc2cc(Br)ccc2F)ccc1Cl. The van der Waals surface area contributed by atoms with Crippen LogP contribution in [0.15, 0.2) is 45.8 Å². The van der Waals surface area contributed by atoms with Gasteiger partial charge in [0.2, 0.25) is 10.0 Å². The third-order valence-corrected chi connectivity index (χ3v) is 6.99. The Labute approximate surface area is 171 Å². The quantitative estimate of drug-likeness (QED) is 0.650. The van der Waals surface area contributed by atoms with Gasteiger partial charge in [0.05, 0.1) is 5.02 Å². The minimum atomic E-state index is -3.81. The van der Waals surface area contributed by atoms with Crippen LogP contribution in [0.2, 0.25) is 5.02 Å². The number of carbonyl (C=O) groups excluding carboxylic acids is 1. The molecule has 0 spiro atoms. The van der Waals surface area contributed by atoms with Crippen LogP contribution in [0.25, 0.3) is 0 Å². The molecule has 1 amide bonds. The summed E-state index contributed by atoms with van der Waals surface area (Å²) in [6.07, 6.45) is 0. The van der Waals surface area contributed by atoms with E-state index in [-0.39, 0.29) is 35.1 Å². The lowest BCUT2D eigenvalue weighted by molar-refractivity contribution is 0.0950. The van der Waals surface area contributed by atoms with Gasteiger partial charge in [0.25, 0.3) is 5.91 Å². The number of nitrogens with zero attached hydrogens (tertiary/aromatic N) is 1. The molecule has 27 heavy (non-hydrogen) atoms. The maximum atomic E-state index is 13.8. The fourth-order valence-electron chi connectivity index (χ4n) is 2.50. The molecule has 9 heteroatoms. The van der Waals surface area contributed by atoms with Gasteiger partial charge in [-0.1, -0.05) is 41.4 Å². The van der Waals surface area contributed by atoms with Crippen molar-refractivity contribution in [3.05, 3.63) is 62.8 Å². The van der Waals surface area contributed by atoms with Gasteiger partial charge in [0, 0.05) is 35.2 Å². The van der Waals surface area contributed by atoms with Gasteiger partial charge in [0.15, 0.2) is 0 Å². The van der Waals surface area contributed by atoms with Crippen LogP contribution in [0.1, 0.15) is 29.8 Å². The normalized spacial score (nSPS) is 11.6. The molecular formula is C18H19BrClFN2O3S. The van der Waals surface area contributed by atoms with E-state index in [0.717, 1.165) is 0 Å². The maximum Gasteiger partial charge on any atom is 0.251 e. The van der Waals surface area contributed by atoms with Crippen molar-refractivity contribution in [2.75, 3.05) is 13.1 Å². The second kappa shape index (κ2) is 9.14. The van der Waals surface area contributed by atoms with Crippen molar-refractivity contribution in [1.82, 2.24) is 9.62 Å². The van der Waals surface area contributed by atoms with Crippen LogP contribution in [0.5, 0.6) is 0 Å². The number of hydrogen-bond donors (Lipinski definition) is 1. The first kappa shape index (κ1) is 21.8. The summed E-state index contributed by atoms with van der Waals surface area (Å²) in [6, 6.07) is 8.45. The number of rotatable bonds is 7. The molecule has 0 unspecified atom stereocenters. The summed E-state index contributed by atoms with van der Waals surface area (Å²) in [7, 11) is -3.81. The Morgan fingerprint density at radius 3 is 2.48 bits per heavy atom. The molecule has 0 saturated heterocycles. The second-order valence-electron chi connectivity index (χ2n) is 5.65. The van der Waals surface area contributed by atoms with Gasteiger partial charge in [-0.2, -0.15) is 4.31 Å². The molecule has 0 heterocycles. The van der Waals surface area contributed by atoms with Gasteiger partial charge < -0.3 is 5.32 Å². The van der Waals surface area contributed by atoms with Gasteiger partial charge in [0.1, 0.15) is 10.7 Å². The predicted molar refractivity (Wildman–Crippen MR) is 107 cm³/mol. The summed E-state index contributed by atoms with van der Waals surface area (Å²) >= 11 is 9.31. The van der Waals surface area contributed by atoms with Crippen LogP contribution in [-0.2, 0) is 16.6 Å². The molecule has 2 rings (SSSR count). The zero-order valence-electron chi connectivity index (χ0n) is 14.8.